The van der Waals surface area contributed by atoms with Crippen molar-refractivity contribution >= 4 is 118 Å². The lowest BCUT2D eigenvalue weighted by Gasteiger charge is -2.28. The summed E-state index contributed by atoms with van der Waals surface area (Å²) >= 11 is 14.6. The number of carbonyl (C=O) groups excluding carboxylic acids is 8. The van der Waals surface area contributed by atoms with Crippen LogP contribution in [-0.2, 0) is 64.0 Å². The number of benzene rings is 5. The molecule has 9 amide bonds. The van der Waals surface area contributed by atoms with Crippen LogP contribution in [0, 0.1) is 0 Å². The van der Waals surface area contributed by atoms with Gasteiger partial charge in [-0.05, 0) is 103 Å². The van der Waals surface area contributed by atoms with Gasteiger partial charge in [0, 0.05) is 58.6 Å². The number of fused-ring (bicyclic) bond motifs is 2. The van der Waals surface area contributed by atoms with Crippen molar-refractivity contribution in [2.45, 2.75) is 106 Å². The molecule has 1 heterocycles. The number of aromatic nitrogens is 1. The minimum absolute atomic E-state index is 0.0500. The molecule has 23 nitrogen and oxygen atoms in total. The van der Waals surface area contributed by atoms with Gasteiger partial charge in [-0.1, -0.05) is 96.5 Å². The number of aromatic amines is 1. The largest absolute Gasteiger partial charge is 0.480 e. The normalized spacial score (nSPS) is 14.4. The Labute approximate surface area is 506 Å². The van der Waals surface area contributed by atoms with Gasteiger partial charge in [0.25, 0.3) is 0 Å². The van der Waals surface area contributed by atoms with E-state index in [1.165, 1.54) is 19.1 Å². The molecule has 17 N–H and O–H groups in total. The van der Waals surface area contributed by atoms with Crippen LogP contribution in [0.3, 0.4) is 0 Å². The van der Waals surface area contributed by atoms with Crippen molar-refractivity contribution in [3.8, 4) is 0 Å². The number of aliphatic hydroxyl groups excluding tert-OH is 1. The number of carboxylic acids is 1. The second kappa shape index (κ2) is 32.2. The Morgan fingerprint density at radius 1 is 0.565 bits per heavy atom. The summed E-state index contributed by atoms with van der Waals surface area (Å²) in [6.07, 6.45) is 0.316. The van der Waals surface area contributed by atoms with E-state index in [0.717, 1.165) is 10.8 Å². The number of carbonyl (C=O) groups is 9. The Morgan fingerprint density at radius 2 is 1.07 bits per heavy atom. The van der Waals surface area contributed by atoms with Gasteiger partial charge in [0.2, 0.25) is 41.4 Å². The fraction of sp³-hybridized carbons (Fsp3) is 0.339. The molecule has 0 aliphatic carbocycles. The molecule has 85 heavy (non-hydrogen) atoms. The highest BCUT2D eigenvalue weighted by Crippen LogP contribution is 2.21. The van der Waals surface area contributed by atoms with E-state index in [4.69, 9.17) is 28.8 Å². The SMILES string of the molecule is C[C@@H](O)[C@H](NC(=O)[C@H](CCCCN)NC(=O)[C@@H](Cc1c[nH]c2ccccc12)NC(=O)[C@H](Cc1ccc(NC(N)=O)cc1)NC(=O)[C@@H](CS)NC(=O)[C@@H](N)Cc1ccc(Cl)cc1)C(=O)N[C@@H](CS)C(=O)N[C@@H](Cc1ccc2ccccc2c1)C(=O)O. The summed E-state index contributed by atoms with van der Waals surface area (Å²) in [6, 6.07) is 20.7. The smallest absolute Gasteiger partial charge is 0.326 e. The van der Waals surface area contributed by atoms with Crippen molar-refractivity contribution in [1.82, 2.24) is 42.2 Å². The van der Waals surface area contributed by atoms with Crippen LogP contribution in [0.1, 0.15) is 48.4 Å². The van der Waals surface area contributed by atoms with Crippen molar-refractivity contribution in [2.24, 2.45) is 17.2 Å². The number of aliphatic carboxylic acids is 1. The van der Waals surface area contributed by atoms with E-state index >= 15 is 0 Å². The first-order chi connectivity index (χ1) is 40.7. The van der Waals surface area contributed by atoms with Crippen LogP contribution in [-0.4, -0.2) is 141 Å². The van der Waals surface area contributed by atoms with Gasteiger partial charge < -0.3 is 74.9 Å². The maximum Gasteiger partial charge on any atom is 0.326 e. The Kier molecular flexibility index (Phi) is 25.0. The summed E-state index contributed by atoms with van der Waals surface area (Å²) in [5.74, 6) is -8.04. The zero-order valence-corrected chi connectivity index (χ0v) is 48.9. The lowest BCUT2D eigenvalue weighted by molar-refractivity contribution is -0.142. The topological polar surface area (TPSA) is 384 Å². The maximum atomic E-state index is 14.9. The molecule has 452 valence electrons. The number of thiol groups is 2. The fourth-order valence-corrected chi connectivity index (χ4v) is 9.89. The van der Waals surface area contributed by atoms with Crippen LogP contribution in [0.25, 0.3) is 21.7 Å². The number of carboxylic acid groups (broad SMARTS) is 1. The molecule has 26 heteroatoms. The molecule has 6 aromatic rings. The number of hydrogen-bond acceptors (Lipinski definition) is 14. The van der Waals surface area contributed by atoms with Gasteiger partial charge >= 0.3 is 12.0 Å². The molecule has 0 aliphatic heterocycles. The molecule has 0 spiro atoms. The minimum atomic E-state index is -1.73. The van der Waals surface area contributed by atoms with E-state index in [0.29, 0.717) is 50.3 Å². The molecule has 0 saturated carbocycles. The zero-order chi connectivity index (χ0) is 61.7. The van der Waals surface area contributed by atoms with E-state index in [1.54, 1.807) is 72.9 Å². The number of urea groups is 1. The Hall–Kier alpha value is -8.20. The minimum Gasteiger partial charge on any atom is -0.480 e. The number of H-pyrrole nitrogens is 1. The van der Waals surface area contributed by atoms with Crippen molar-refractivity contribution in [2.75, 3.05) is 23.4 Å². The number of anilines is 1. The van der Waals surface area contributed by atoms with Gasteiger partial charge in [0.1, 0.15) is 42.3 Å². The van der Waals surface area contributed by atoms with Gasteiger partial charge in [0.15, 0.2) is 0 Å². The number of hydrogen-bond donors (Lipinski definition) is 16. The van der Waals surface area contributed by atoms with E-state index < -0.39 is 108 Å². The molecule has 1 aromatic heterocycles. The van der Waals surface area contributed by atoms with Gasteiger partial charge in [0.05, 0.1) is 12.1 Å². The predicted molar refractivity (Wildman–Crippen MR) is 330 cm³/mol. The van der Waals surface area contributed by atoms with Crippen molar-refractivity contribution < 1.29 is 53.4 Å². The number of nitrogens with two attached hydrogens (primary N) is 3. The molecule has 0 unspecified atom stereocenters. The summed E-state index contributed by atoms with van der Waals surface area (Å²) in [5, 5.41) is 44.7. The van der Waals surface area contributed by atoms with Gasteiger partial charge in [-0.3, -0.25) is 33.6 Å². The monoisotopic (exact) mass is 1220 g/mol. The molecule has 0 saturated heterocycles. The van der Waals surface area contributed by atoms with E-state index in [1.807, 2.05) is 36.4 Å². The molecule has 9 atom stereocenters. The number of para-hydroxylation sites is 1. The summed E-state index contributed by atoms with van der Waals surface area (Å²) in [7, 11) is 0. The number of primary amides is 1. The third kappa shape index (κ3) is 19.7. The van der Waals surface area contributed by atoms with Crippen LogP contribution < -0.4 is 59.7 Å². The van der Waals surface area contributed by atoms with Crippen LogP contribution in [0.5, 0.6) is 0 Å². The first kappa shape index (κ1) is 65.9. The number of nitrogens with one attached hydrogen (secondary N) is 9. The summed E-state index contributed by atoms with van der Waals surface area (Å²) in [6.45, 7) is 1.43. The lowest BCUT2D eigenvalue weighted by atomic mass is 10.0. The molecule has 6 rings (SSSR count). The standard InChI is InChI=1S/C59H71ClN12O11S2/c1-32(73)50(57(80)71-49(31-85)56(79)69-47(58(81)82)27-35-13-18-36-8-2-3-9-37(36)24-35)72-52(75)44(12-6-7-23-61)66-54(77)46(28-38-29-64-43-11-5-4-10-41(38)43)68-53(76)45(26-34-16-21-40(22-17-34)65-59(63)83)67-55(78)48(30-84)70-51(74)42(62)25-33-14-19-39(60)20-15-33/h2-5,8-11,13-22,24,29,32,42,44-50,64,73,84-85H,6-7,12,23,25-28,30-31,61-62H2,1H3,(H,66,77)(H,67,78)(H,68,76)(H,69,79)(H,70,74)(H,71,80)(H,72,75)(H,81,82)(H3,63,65,83)/t32-,42+,44+,45+,46-,47+,48-,49+,50+/m1/s1. The van der Waals surface area contributed by atoms with Crippen LogP contribution in [0.2, 0.25) is 5.02 Å². The second-order valence-corrected chi connectivity index (χ2v) is 21.5. The second-order valence-electron chi connectivity index (χ2n) is 20.4. The van der Waals surface area contributed by atoms with Crippen molar-refractivity contribution in [3.05, 3.63) is 149 Å². The highest BCUT2D eigenvalue weighted by molar-refractivity contribution is 7.80. The molecule has 5 aromatic carbocycles. The van der Waals surface area contributed by atoms with Crippen LogP contribution in [0.4, 0.5) is 10.5 Å². The molecule has 0 radical (unpaired) electrons. The van der Waals surface area contributed by atoms with Gasteiger partial charge in [-0.25, -0.2) is 9.59 Å². The number of rotatable bonds is 31. The average Bonchev–Trinajstić information content (AvgIpc) is 4.10. The first-order valence-corrected chi connectivity index (χ1v) is 28.9. The molecular formula is C59H71ClN12O11S2. The third-order valence-corrected chi connectivity index (χ3v) is 14.9. The summed E-state index contributed by atoms with van der Waals surface area (Å²) in [5.41, 5.74) is 20.8. The highest BCUT2D eigenvalue weighted by atomic mass is 35.5. The highest BCUT2D eigenvalue weighted by Gasteiger charge is 2.36. The Balaban J connectivity index is 1.22. The van der Waals surface area contributed by atoms with Gasteiger partial charge in [-0.15, -0.1) is 0 Å². The molecule has 0 bridgehead atoms. The summed E-state index contributed by atoms with van der Waals surface area (Å²) in [4.78, 5) is 126. The van der Waals surface area contributed by atoms with Gasteiger partial charge in [-0.2, -0.15) is 25.3 Å². The number of unbranched alkanes of at least 4 members (excludes halogenated alkanes) is 1. The maximum absolute atomic E-state index is 14.9. The number of halogens is 1. The number of amides is 9. The zero-order valence-electron chi connectivity index (χ0n) is 46.4. The van der Waals surface area contributed by atoms with Crippen LogP contribution in [0.15, 0.2) is 121 Å². The molecule has 0 aliphatic rings. The van der Waals surface area contributed by atoms with Crippen molar-refractivity contribution in [3.63, 3.8) is 0 Å². The number of aliphatic hydroxyl groups is 1. The van der Waals surface area contributed by atoms with E-state index in [9.17, 15) is 53.4 Å². The third-order valence-electron chi connectivity index (χ3n) is 13.9. The average molecular weight is 1220 g/mol. The summed E-state index contributed by atoms with van der Waals surface area (Å²) < 4.78 is 0. The fourth-order valence-electron chi connectivity index (χ4n) is 9.25. The molecular weight excluding hydrogens is 1150 g/mol. The Morgan fingerprint density at radius 3 is 1.68 bits per heavy atom. The first-order valence-electron chi connectivity index (χ1n) is 27.3. The quantitative estimate of drug-likeness (QED) is 0.0219. The van der Waals surface area contributed by atoms with Crippen LogP contribution >= 0.6 is 36.9 Å². The predicted octanol–water partition coefficient (Wildman–Crippen LogP) is 1.91. The van der Waals surface area contributed by atoms with Crippen molar-refractivity contribution in [1.29, 1.82) is 0 Å². The van der Waals surface area contributed by atoms with E-state index in [2.05, 4.69) is 72.8 Å². The molecule has 0 fully saturated rings. The lowest BCUT2D eigenvalue weighted by Crippen LogP contribution is -2.62. The van der Waals surface area contributed by atoms with E-state index in [-0.39, 0.29) is 56.6 Å². The Bertz CT molecular complexity index is 3320.